The first-order valence-corrected chi connectivity index (χ1v) is 8.68. The predicted molar refractivity (Wildman–Crippen MR) is 100 cm³/mol. The normalized spacial score (nSPS) is 13.1. The lowest BCUT2D eigenvalue weighted by Crippen LogP contribution is -2.44. The molecule has 24 heavy (non-hydrogen) atoms. The van der Waals surface area contributed by atoms with E-state index in [4.69, 9.17) is 0 Å². The molecule has 0 aliphatic heterocycles. The Morgan fingerprint density at radius 3 is 2.58 bits per heavy atom. The third-order valence-electron chi connectivity index (χ3n) is 4.00. The van der Waals surface area contributed by atoms with Crippen molar-refractivity contribution in [2.75, 3.05) is 6.54 Å². The second kappa shape index (κ2) is 9.11. The summed E-state index contributed by atoms with van der Waals surface area (Å²) in [6.07, 6.45) is 3.95. The number of rotatable bonds is 7. The Labute approximate surface area is 145 Å². The molecule has 0 bridgehead atoms. The summed E-state index contributed by atoms with van der Waals surface area (Å²) in [6.45, 7) is 10.9. The van der Waals surface area contributed by atoms with Crippen LogP contribution in [0.25, 0.3) is 0 Å². The summed E-state index contributed by atoms with van der Waals surface area (Å²) in [5.41, 5.74) is 2.36. The van der Waals surface area contributed by atoms with E-state index in [2.05, 4.69) is 66.7 Å². The molecule has 0 saturated carbocycles. The first kappa shape index (κ1) is 18.0. The molecular weight excluding hydrogens is 298 g/mol. The number of aliphatic imine (C=N–C) groups is 1. The van der Waals surface area contributed by atoms with Crippen LogP contribution in [0.5, 0.6) is 0 Å². The van der Waals surface area contributed by atoms with Crippen LogP contribution in [0, 0.1) is 5.92 Å². The van der Waals surface area contributed by atoms with Gasteiger partial charge in [-0.2, -0.15) is 5.10 Å². The van der Waals surface area contributed by atoms with Crippen LogP contribution in [-0.4, -0.2) is 28.3 Å². The number of hydrogen-bond donors (Lipinski definition) is 2. The van der Waals surface area contributed by atoms with Gasteiger partial charge in [0.15, 0.2) is 5.96 Å². The molecule has 0 aliphatic carbocycles. The van der Waals surface area contributed by atoms with Gasteiger partial charge in [0, 0.05) is 24.3 Å². The molecule has 130 valence electrons. The van der Waals surface area contributed by atoms with Crippen molar-refractivity contribution in [2.45, 2.75) is 46.8 Å². The van der Waals surface area contributed by atoms with Crippen molar-refractivity contribution in [3.63, 3.8) is 0 Å². The van der Waals surface area contributed by atoms with Crippen LogP contribution in [0.1, 0.15) is 38.8 Å². The van der Waals surface area contributed by atoms with E-state index in [0.717, 1.165) is 24.6 Å². The summed E-state index contributed by atoms with van der Waals surface area (Å²) in [4.78, 5) is 4.67. The minimum Gasteiger partial charge on any atom is -0.357 e. The molecule has 0 spiro atoms. The molecule has 1 aromatic heterocycles. The molecule has 5 nitrogen and oxygen atoms in total. The van der Waals surface area contributed by atoms with Crippen LogP contribution in [-0.2, 0) is 13.1 Å². The van der Waals surface area contributed by atoms with Crippen molar-refractivity contribution in [3.05, 3.63) is 53.9 Å². The van der Waals surface area contributed by atoms with Crippen molar-refractivity contribution < 1.29 is 0 Å². The zero-order valence-electron chi connectivity index (χ0n) is 15.2. The van der Waals surface area contributed by atoms with Gasteiger partial charge in [0.25, 0.3) is 0 Å². The highest BCUT2D eigenvalue weighted by Gasteiger charge is 2.09. The Balaban J connectivity index is 1.96. The van der Waals surface area contributed by atoms with E-state index in [1.165, 1.54) is 5.56 Å². The highest BCUT2D eigenvalue weighted by Crippen LogP contribution is 2.05. The van der Waals surface area contributed by atoms with Crippen LogP contribution in [0.3, 0.4) is 0 Å². The summed E-state index contributed by atoms with van der Waals surface area (Å²) >= 11 is 0. The number of hydrogen-bond acceptors (Lipinski definition) is 2. The van der Waals surface area contributed by atoms with Crippen molar-refractivity contribution in [2.24, 2.45) is 10.9 Å². The maximum Gasteiger partial charge on any atom is 0.191 e. The number of guanidine groups is 1. The second-order valence-corrected chi connectivity index (χ2v) is 6.40. The second-order valence-electron chi connectivity index (χ2n) is 6.40. The van der Waals surface area contributed by atoms with Crippen LogP contribution >= 0.6 is 0 Å². The number of aromatic nitrogens is 2. The standard InChI is InChI=1S/C19H29N5/c1-5-20-19(23-16(4)15(2)3)21-11-18-12-22-24(14-18)13-17-9-7-6-8-10-17/h6-10,12,14-16H,5,11,13H2,1-4H3,(H2,20,21,23). The Kier molecular flexibility index (Phi) is 6.85. The van der Waals surface area contributed by atoms with Crippen LogP contribution in [0.2, 0.25) is 0 Å². The lowest BCUT2D eigenvalue weighted by Gasteiger charge is -2.20. The molecule has 0 saturated heterocycles. The Bertz CT molecular complexity index is 630. The molecule has 0 aliphatic rings. The first-order chi connectivity index (χ1) is 11.6. The Morgan fingerprint density at radius 1 is 1.17 bits per heavy atom. The largest absolute Gasteiger partial charge is 0.357 e. The third kappa shape index (κ3) is 5.72. The van der Waals surface area contributed by atoms with Crippen molar-refractivity contribution in [3.8, 4) is 0 Å². The number of nitrogens with zero attached hydrogens (tertiary/aromatic N) is 3. The van der Waals surface area contributed by atoms with Gasteiger partial charge in [-0.25, -0.2) is 4.99 Å². The maximum absolute atomic E-state index is 4.67. The van der Waals surface area contributed by atoms with E-state index < -0.39 is 0 Å². The zero-order valence-corrected chi connectivity index (χ0v) is 15.2. The summed E-state index contributed by atoms with van der Waals surface area (Å²) in [5, 5.41) is 11.2. The SMILES string of the molecule is CCNC(=NCc1cnn(Cc2ccccc2)c1)NC(C)C(C)C. The summed E-state index contributed by atoms with van der Waals surface area (Å²) in [7, 11) is 0. The van der Waals surface area contributed by atoms with Gasteiger partial charge in [0.1, 0.15) is 0 Å². The van der Waals surface area contributed by atoms with Crippen LogP contribution < -0.4 is 10.6 Å². The van der Waals surface area contributed by atoms with Gasteiger partial charge in [-0.1, -0.05) is 44.2 Å². The van der Waals surface area contributed by atoms with Gasteiger partial charge in [-0.05, 0) is 25.3 Å². The van der Waals surface area contributed by atoms with Gasteiger partial charge in [-0.15, -0.1) is 0 Å². The molecule has 0 radical (unpaired) electrons. The summed E-state index contributed by atoms with van der Waals surface area (Å²) in [5.74, 6) is 1.41. The van der Waals surface area contributed by atoms with Gasteiger partial charge in [0.05, 0.1) is 19.3 Å². The van der Waals surface area contributed by atoms with Crippen molar-refractivity contribution in [1.82, 2.24) is 20.4 Å². The molecule has 0 fully saturated rings. The molecule has 2 aromatic rings. The van der Waals surface area contributed by atoms with E-state index in [9.17, 15) is 0 Å². The smallest absolute Gasteiger partial charge is 0.191 e. The van der Waals surface area contributed by atoms with E-state index in [-0.39, 0.29) is 0 Å². The Hall–Kier alpha value is -2.30. The van der Waals surface area contributed by atoms with Crippen molar-refractivity contribution in [1.29, 1.82) is 0 Å². The van der Waals surface area contributed by atoms with Gasteiger partial charge in [0.2, 0.25) is 0 Å². The third-order valence-corrected chi connectivity index (χ3v) is 4.00. The number of nitrogens with one attached hydrogen (secondary N) is 2. The highest BCUT2D eigenvalue weighted by atomic mass is 15.3. The van der Waals surface area contributed by atoms with Gasteiger partial charge in [-0.3, -0.25) is 4.68 Å². The average molecular weight is 327 g/mol. The topological polar surface area (TPSA) is 54.2 Å². The minimum atomic E-state index is 0.378. The molecular formula is C19H29N5. The maximum atomic E-state index is 4.67. The fourth-order valence-electron chi connectivity index (χ4n) is 2.22. The number of benzene rings is 1. The molecule has 0 amide bonds. The summed E-state index contributed by atoms with van der Waals surface area (Å²) in [6, 6.07) is 10.7. The van der Waals surface area contributed by atoms with Crippen LogP contribution in [0.4, 0.5) is 0 Å². The minimum absolute atomic E-state index is 0.378. The van der Waals surface area contributed by atoms with E-state index in [0.29, 0.717) is 18.5 Å². The van der Waals surface area contributed by atoms with E-state index >= 15 is 0 Å². The highest BCUT2D eigenvalue weighted by molar-refractivity contribution is 5.80. The first-order valence-electron chi connectivity index (χ1n) is 8.68. The molecule has 5 heteroatoms. The fraction of sp³-hybridized carbons (Fsp3) is 0.474. The monoisotopic (exact) mass is 327 g/mol. The van der Waals surface area contributed by atoms with Crippen LogP contribution in [0.15, 0.2) is 47.7 Å². The zero-order chi connectivity index (χ0) is 17.4. The fourth-order valence-corrected chi connectivity index (χ4v) is 2.22. The molecule has 2 N–H and O–H groups in total. The van der Waals surface area contributed by atoms with Crippen molar-refractivity contribution >= 4 is 5.96 Å². The molecule has 1 aromatic carbocycles. The molecule has 1 heterocycles. The Morgan fingerprint density at radius 2 is 1.92 bits per heavy atom. The van der Waals surface area contributed by atoms with Gasteiger partial charge < -0.3 is 10.6 Å². The van der Waals surface area contributed by atoms with Gasteiger partial charge >= 0.3 is 0 Å². The lowest BCUT2D eigenvalue weighted by atomic mass is 10.1. The van der Waals surface area contributed by atoms with E-state index in [1.807, 2.05) is 29.1 Å². The molecule has 1 unspecified atom stereocenters. The predicted octanol–water partition coefficient (Wildman–Crippen LogP) is 3.03. The average Bonchev–Trinajstić information content (AvgIpc) is 3.01. The lowest BCUT2D eigenvalue weighted by molar-refractivity contribution is 0.481. The quantitative estimate of drug-likeness (QED) is 0.607. The van der Waals surface area contributed by atoms with E-state index in [1.54, 1.807) is 0 Å². The molecule has 2 rings (SSSR count). The molecule has 1 atom stereocenters. The summed E-state index contributed by atoms with van der Waals surface area (Å²) < 4.78 is 1.96.